The first kappa shape index (κ1) is 25.8. The van der Waals surface area contributed by atoms with Gasteiger partial charge in [-0.3, -0.25) is 4.79 Å². The van der Waals surface area contributed by atoms with Crippen molar-refractivity contribution in [2.75, 3.05) is 6.61 Å². The van der Waals surface area contributed by atoms with Crippen molar-refractivity contribution in [1.29, 1.82) is 0 Å². The van der Waals surface area contributed by atoms with Gasteiger partial charge in [0.05, 0.1) is 26.4 Å². The molecule has 0 saturated carbocycles. The molecule has 1 aliphatic rings. The zero-order chi connectivity index (χ0) is 26.2. The van der Waals surface area contributed by atoms with E-state index in [-0.39, 0.29) is 13.2 Å². The average Bonchev–Trinajstić information content (AvgIpc) is 3.29. The summed E-state index contributed by atoms with van der Waals surface area (Å²) in [6.07, 6.45) is -1.61. The number of nitrogens with zero attached hydrogens (tertiary/aromatic N) is 1. The van der Waals surface area contributed by atoms with E-state index in [1.54, 1.807) is 0 Å². The molecule has 0 spiro atoms. The Labute approximate surface area is 220 Å². The van der Waals surface area contributed by atoms with Crippen LogP contribution in [0.4, 0.5) is 0 Å². The minimum absolute atomic E-state index is 0.190. The molecule has 8 heteroatoms. The second-order valence-corrected chi connectivity index (χ2v) is 9.08. The molecule has 4 atom stereocenters. The fourth-order valence-corrected chi connectivity index (χ4v) is 4.50. The molecule has 1 saturated heterocycles. The lowest BCUT2D eigenvalue weighted by Gasteiger charge is -2.25. The highest BCUT2D eigenvalue weighted by atomic mass is 16.6. The highest BCUT2D eigenvalue weighted by molar-refractivity contribution is 5.15. The second-order valence-electron chi connectivity index (χ2n) is 9.08. The van der Waals surface area contributed by atoms with Gasteiger partial charge in [0.25, 0.3) is 5.56 Å². The highest BCUT2D eigenvalue weighted by Gasteiger charge is 2.48. The van der Waals surface area contributed by atoms with Crippen LogP contribution in [0.3, 0.4) is 0 Å². The predicted octanol–water partition coefficient (Wildman–Crippen LogP) is 3.82. The summed E-state index contributed by atoms with van der Waals surface area (Å²) in [4.78, 5) is 28.1. The van der Waals surface area contributed by atoms with E-state index in [2.05, 4.69) is 4.98 Å². The number of H-pyrrole nitrogens is 1. The minimum atomic E-state index is -0.998. The van der Waals surface area contributed by atoms with Crippen LogP contribution in [0.1, 0.15) is 22.9 Å². The van der Waals surface area contributed by atoms with Crippen molar-refractivity contribution in [3.63, 3.8) is 0 Å². The van der Waals surface area contributed by atoms with Crippen molar-refractivity contribution in [2.24, 2.45) is 0 Å². The third-order valence-electron chi connectivity index (χ3n) is 6.39. The molecule has 5 rings (SSSR count). The molecular weight excluding hydrogens is 484 g/mol. The van der Waals surface area contributed by atoms with Crippen LogP contribution in [0.25, 0.3) is 0 Å². The zero-order valence-corrected chi connectivity index (χ0v) is 20.8. The van der Waals surface area contributed by atoms with E-state index in [4.69, 9.17) is 18.9 Å². The molecule has 1 N–H and O–H groups in total. The standard InChI is InChI=1S/C30H30N2O6/c33-26-16-17-31-30(34)32(26)29-28(37-20-24-14-8-3-9-15-24)27(36-19-23-12-6-2-7-13-23)25(38-29)21-35-18-22-10-4-1-5-11-22/h1-17,25,27-29H,18-21H2,(H,31,34)/t25-,27-,28-,29-/m1/s1. The van der Waals surface area contributed by atoms with Crippen molar-refractivity contribution in [3.05, 3.63) is 141 Å². The molecule has 0 amide bonds. The summed E-state index contributed by atoms with van der Waals surface area (Å²) in [5.41, 5.74) is 1.89. The molecule has 0 radical (unpaired) electrons. The molecule has 8 nitrogen and oxygen atoms in total. The maximum absolute atomic E-state index is 12.8. The number of rotatable bonds is 11. The Balaban J connectivity index is 1.42. The molecular formula is C30H30N2O6. The Morgan fingerprint density at radius 3 is 1.76 bits per heavy atom. The van der Waals surface area contributed by atoms with Crippen molar-refractivity contribution in [2.45, 2.75) is 44.4 Å². The first-order chi connectivity index (χ1) is 18.7. The quantitative estimate of drug-likeness (QED) is 0.327. The molecule has 3 aromatic carbocycles. The predicted molar refractivity (Wildman–Crippen MR) is 141 cm³/mol. The van der Waals surface area contributed by atoms with Crippen LogP contribution in [0.5, 0.6) is 0 Å². The molecule has 0 bridgehead atoms. The van der Waals surface area contributed by atoms with Gasteiger partial charge in [0.1, 0.15) is 18.3 Å². The van der Waals surface area contributed by atoms with Gasteiger partial charge in [-0.25, -0.2) is 9.36 Å². The van der Waals surface area contributed by atoms with Crippen molar-refractivity contribution in [1.82, 2.24) is 9.55 Å². The fourth-order valence-electron chi connectivity index (χ4n) is 4.50. The van der Waals surface area contributed by atoms with E-state index in [0.29, 0.717) is 13.2 Å². The molecule has 0 unspecified atom stereocenters. The molecule has 0 aliphatic carbocycles. The first-order valence-electron chi connectivity index (χ1n) is 12.6. The normalized spacial score (nSPS) is 20.9. The molecule has 38 heavy (non-hydrogen) atoms. The Kier molecular flexibility index (Phi) is 8.57. The van der Waals surface area contributed by atoms with Gasteiger partial charge < -0.3 is 23.9 Å². The van der Waals surface area contributed by atoms with E-state index < -0.39 is 35.8 Å². The number of nitrogens with one attached hydrogen (secondary N) is 1. The molecule has 1 fully saturated rings. The van der Waals surface area contributed by atoms with E-state index >= 15 is 0 Å². The molecule has 1 aromatic heterocycles. The maximum Gasteiger partial charge on any atom is 0.330 e. The number of benzene rings is 3. The van der Waals surface area contributed by atoms with Crippen LogP contribution >= 0.6 is 0 Å². The van der Waals surface area contributed by atoms with Crippen molar-refractivity contribution >= 4 is 0 Å². The summed E-state index contributed by atoms with van der Waals surface area (Å²) >= 11 is 0. The largest absolute Gasteiger partial charge is 0.374 e. The van der Waals surface area contributed by atoms with E-state index in [9.17, 15) is 9.59 Å². The molecule has 196 valence electrons. The smallest absolute Gasteiger partial charge is 0.330 e. The highest BCUT2D eigenvalue weighted by Crippen LogP contribution is 2.34. The van der Waals surface area contributed by atoms with Crippen molar-refractivity contribution in [3.8, 4) is 0 Å². The molecule has 1 aliphatic heterocycles. The van der Waals surface area contributed by atoms with Gasteiger partial charge in [-0.15, -0.1) is 0 Å². The van der Waals surface area contributed by atoms with E-state index in [1.807, 2.05) is 91.0 Å². The fraction of sp³-hybridized carbons (Fsp3) is 0.267. The van der Waals surface area contributed by atoms with Gasteiger partial charge in [0.2, 0.25) is 0 Å². The van der Waals surface area contributed by atoms with Crippen LogP contribution in [0.2, 0.25) is 0 Å². The third-order valence-corrected chi connectivity index (χ3v) is 6.39. The lowest BCUT2D eigenvalue weighted by Crippen LogP contribution is -2.44. The van der Waals surface area contributed by atoms with Crippen LogP contribution in [-0.4, -0.2) is 34.5 Å². The monoisotopic (exact) mass is 514 g/mol. The molecule has 4 aromatic rings. The van der Waals surface area contributed by atoms with Crippen LogP contribution in [0, 0.1) is 0 Å². The summed E-state index contributed by atoms with van der Waals surface area (Å²) in [5, 5.41) is 0. The third kappa shape index (κ3) is 6.35. The lowest BCUT2D eigenvalue weighted by atomic mass is 10.1. The van der Waals surface area contributed by atoms with Gasteiger partial charge in [0, 0.05) is 12.3 Å². The molecule has 2 heterocycles. The minimum Gasteiger partial charge on any atom is -0.374 e. The van der Waals surface area contributed by atoms with Crippen molar-refractivity contribution < 1.29 is 18.9 Å². The number of aromatic nitrogens is 2. The van der Waals surface area contributed by atoms with Crippen LogP contribution in [-0.2, 0) is 38.8 Å². The van der Waals surface area contributed by atoms with E-state index in [0.717, 1.165) is 21.3 Å². The zero-order valence-electron chi connectivity index (χ0n) is 20.8. The topological polar surface area (TPSA) is 91.8 Å². The number of aromatic amines is 1. The Hall–Kier alpha value is -3.82. The van der Waals surface area contributed by atoms with Gasteiger partial charge in [-0.1, -0.05) is 91.0 Å². The van der Waals surface area contributed by atoms with Gasteiger partial charge >= 0.3 is 5.69 Å². The Bertz CT molecular complexity index is 1360. The van der Waals surface area contributed by atoms with Gasteiger partial charge in [-0.05, 0) is 16.7 Å². The summed E-state index contributed by atoms with van der Waals surface area (Å²) in [7, 11) is 0. The SMILES string of the molecule is O=c1cc[nH]c(=O)n1[C@@H]1O[C@H](COCc2ccccc2)[C@@H](OCc2ccccc2)[C@H]1OCc1ccccc1. The van der Waals surface area contributed by atoms with Crippen LogP contribution in [0.15, 0.2) is 113 Å². The average molecular weight is 515 g/mol. The van der Waals surface area contributed by atoms with E-state index in [1.165, 1.54) is 12.3 Å². The summed E-state index contributed by atoms with van der Waals surface area (Å²) in [6.45, 7) is 1.14. The lowest BCUT2D eigenvalue weighted by molar-refractivity contribution is -0.0925. The Morgan fingerprint density at radius 2 is 1.21 bits per heavy atom. The van der Waals surface area contributed by atoms with Gasteiger partial charge in [-0.2, -0.15) is 0 Å². The second kappa shape index (κ2) is 12.6. The maximum atomic E-state index is 12.8. The number of hydrogen-bond acceptors (Lipinski definition) is 6. The van der Waals surface area contributed by atoms with Gasteiger partial charge in [0.15, 0.2) is 6.23 Å². The summed E-state index contributed by atoms with van der Waals surface area (Å²) in [6, 6.07) is 30.6. The summed E-state index contributed by atoms with van der Waals surface area (Å²) in [5.74, 6) is 0. The summed E-state index contributed by atoms with van der Waals surface area (Å²) < 4.78 is 26.1. The first-order valence-corrected chi connectivity index (χ1v) is 12.6. The van der Waals surface area contributed by atoms with Crippen LogP contribution < -0.4 is 11.2 Å². The number of hydrogen-bond donors (Lipinski definition) is 1. The Morgan fingerprint density at radius 1 is 0.684 bits per heavy atom. The number of ether oxygens (including phenoxy) is 4.